The molecular formula is C18H27NO4. The van der Waals surface area contributed by atoms with E-state index in [9.17, 15) is 19.8 Å². The molecule has 128 valence electrons. The number of likely N-dealkylation sites (N-methyl/N-ethyl adjacent to an activating group) is 1. The summed E-state index contributed by atoms with van der Waals surface area (Å²) in [5.41, 5.74) is -1.68. The second-order valence-electron chi connectivity index (χ2n) is 6.94. The topological polar surface area (TPSA) is 77.4 Å². The quantitative estimate of drug-likeness (QED) is 0.544. The van der Waals surface area contributed by atoms with Crippen molar-refractivity contribution < 1.29 is 24.3 Å². The van der Waals surface area contributed by atoms with E-state index >= 15 is 0 Å². The number of Topliss-reactive ketones (excluding diaryl/α,β-unsaturated/α-hetero) is 1. The van der Waals surface area contributed by atoms with E-state index < -0.39 is 29.8 Å². The van der Waals surface area contributed by atoms with Gasteiger partial charge in [0.25, 0.3) is 0 Å². The Morgan fingerprint density at radius 2 is 1.78 bits per heavy atom. The molecule has 0 amide bonds. The van der Waals surface area contributed by atoms with E-state index in [4.69, 9.17) is 0 Å². The summed E-state index contributed by atoms with van der Waals surface area (Å²) in [6, 6.07) is 7.81. The fourth-order valence-corrected chi connectivity index (χ4v) is 3.07. The van der Waals surface area contributed by atoms with Gasteiger partial charge in [-0.15, -0.1) is 0 Å². The third kappa shape index (κ3) is 4.88. The van der Waals surface area contributed by atoms with E-state index in [1.807, 2.05) is 28.1 Å². The van der Waals surface area contributed by atoms with Gasteiger partial charge in [0.05, 0.1) is 21.1 Å². The lowest BCUT2D eigenvalue weighted by Gasteiger charge is -2.44. The molecule has 5 nitrogen and oxygen atoms in total. The number of aliphatic carboxylic acids is 1. The van der Waals surface area contributed by atoms with E-state index in [0.29, 0.717) is 16.5 Å². The first-order valence-electron chi connectivity index (χ1n) is 7.96. The highest BCUT2D eigenvalue weighted by atomic mass is 16.4. The third-order valence-electron chi connectivity index (χ3n) is 4.16. The predicted molar refractivity (Wildman–Crippen MR) is 86.7 cm³/mol. The van der Waals surface area contributed by atoms with Gasteiger partial charge in [-0.05, 0) is 6.42 Å². The number of nitrogens with zero attached hydrogens (tertiary/aromatic N) is 1. The minimum Gasteiger partial charge on any atom is -0.550 e. The van der Waals surface area contributed by atoms with Crippen LogP contribution in [0.3, 0.4) is 0 Å². The molecule has 2 unspecified atom stereocenters. The summed E-state index contributed by atoms with van der Waals surface area (Å²) < 4.78 is 0.294. The first kappa shape index (κ1) is 19.3. The number of ketones is 1. The largest absolute Gasteiger partial charge is 0.550 e. The zero-order valence-electron chi connectivity index (χ0n) is 14.4. The molecule has 0 aromatic heterocycles. The van der Waals surface area contributed by atoms with Crippen LogP contribution < -0.4 is 5.11 Å². The van der Waals surface area contributed by atoms with Gasteiger partial charge in [-0.25, -0.2) is 0 Å². The Balaban J connectivity index is 3.32. The minimum absolute atomic E-state index is 0.294. The number of carboxylic acid groups (broad SMARTS) is 1. The van der Waals surface area contributed by atoms with E-state index in [1.165, 1.54) is 0 Å². The van der Waals surface area contributed by atoms with Gasteiger partial charge in [0, 0.05) is 24.4 Å². The maximum atomic E-state index is 12.9. The third-order valence-corrected chi connectivity index (χ3v) is 4.16. The second-order valence-corrected chi connectivity index (χ2v) is 6.94. The molecular weight excluding hydrogens is 294 g/mol. The van der Waals surface area contributed by atoms with Crippen LogP contribution in [0.15, 0.2) is 30.3 Å². The smallest absolute Gasteiger partial charge is 0.200 e. The number of unbranched alkanes of at least 4 members (excludes halogenated alkanes) is 1. The maximum absolute atomic E-state index is 12.9. The number of carbonyl (C=O) groups is 2. The zero-order chi connectivity index (χ0) is 17.7. The molecule has 5 heteroatoms. The van der Waals surface area contributed by atoms with Crippen molar-refractivity contribution in [3.8, 4) is 0 Å². The molecule has 0 aliphatic carbocycles. The summed E-state index contributed by atoms with van der Waals surface area (Å²) in [5.74, 6) is -1.98. The normalized spacial score (nSPS) is 15.7. The molecule has 0 radical (unpaired) electrons. The number of hydrogen-bond acceptors (Lipinski definition) is 4. The Labute approximate surface area is 138 Å². The van der Waals surface area contributed by atoms with Crippen molar-refractivity contribution in [2.45, 2.75) is 44.2 Å². The number of rotatable bonds is 9. The maximum Gasteiger partial charge on any atom is 0.200 e. The van der Waals surface area contributed by atoms with Gasteiger partial charge in [-0.2, -0.15) is 0 Å². The summed E-state index contributed by atoms with van der Waals surface area (Å²) in [6.45, 7) is 2.02. The average molecular weight is 321 g/mol. The first-order valence-corrected chi connectivity index (χ1v) is 7.96. The van der Waals surface area contributed by atoms with Crippen molar-refractivity contribution in [1.29, 1.82) is 0 Å². The van der Waals surface area contributed by atoms with Gasteiger partial charge in [0.1, 0.15) is 6.04 Å². The highest BCUT2D eigenvalue weighted by Gasteiger charge is 2.50. The van der Waals surface area contributed by atoms with Gasteiger partial charge >= 0.3 is 0 Å². The number of aliphatic hydroxyl groups is 1. The Bertz CT molecular complexity index is 536. The first-order chi connectivity index (χ1) is 10.6. The molecule has 0 heterocycles. The van der Waals surface area contributed by atoms with Gasteiger partial charge in [0.2, 0.25) is 5.78 Å². The number of quaternary nitrogens is 1. The molecule has 0 fully saturated rings. The van der Waals surface area contributed by atoms with E-state index in [2.05, 4.69) is 0 Å². The lowest BCUT2D eigenvalue weighted by atomic mass is 9.79. The van der Waals surface area contributed by atoms with E-state index in [1.54, 1.807) is 30.3 Å². The van der Waals surface area contributed by atoms with Crippen LogP contribution >= 0.6 is 0 Å². The predicted octanol–water partition coefficient (Wildman–Crippen LogP) is 1.01. The van der Waals surface area contributed by atoms with Crippen LogP contribution in [0, 0.1) is 0 Å². The molecule has 0 bridgehead atoms. The highest BCUT2D eigenvalue weighted by Crippen LogP contribution is 2.30. The van der Waals surface area contributed by atoms with Crippen LogP contribution in [0.2, 0.25) is 0 Å². The number of carbonyl (C=O) groups excluding carboxylic acids is 2. The summed E-state index contributed by atoms with van der Waals surface area (Å²) in [4.78, 5) is 24.1. The average Bonchev–Trinajstić information content (AvgIpc) is 2.45. The SMILES string of the molecule is CCCCC(C(O)(CC(=O)[O-])C(=O)c1ccccc1)[N+](C)(C)C. The van der Waals surface area contributed by atoms with Crippen LogP contribution in [0.1, 0.15) is 43.0 Å². The molecule has 23 heavy (non-hydrogen) atoms. The monoisotopic (exact) mass is 321 g/mol. The standard InChI is InChI=1S/C18H27NO4/c1-5-6-12-15(19(2,3)4)18(23,13-16(20)21)17(22)14-10-8-7-9-11-14/h7-11,15,23H,5-6,12-13H2,1-4H3. The highest BCUT2D eigenvalue weighted by molar-refractivity contribution is 6.04. The Morgan fingerprint density at radius 1 is 1.22 bits per heavy atom. The number of hydrogen-bond donors (Lipinski definition) is 1. The molecule has 0 aliphatic heterocycles. The van der Waals surface area contributed by atoms with Crippen molar-refractivity contribution in [3.63, 3.8) is 0 Å². The van der Waals surface area contributed by atoms with E-state index in [0.717, 1.165) is 12.8 Å². The number of carboxylic acids is 1. The summed E-state index contributed by atoms with van der Waals surface area (Å²) in [5, 5.41) is 22.4. The van der Waals surface area contributed by atoms with Crippen molar-refractivity contribution >= 4 is 11.8 Å². The minimum atomic E-state index is -1.99. The lowest BCUT2D eigenvalue weighted by molar-refractivity contribution is -0.902. The van der Waals surface area contributed by atoms with Crippen LogP contribution in [-0.4, -0.2) is 54.1 Å². The molecule has 1 N–H and O–H groups in total. The molecule has 0 saturated carbocycles. The van der Waals surface area contributed by atoms with Crippen molar-refractivity contribution in [2.24, 2.45) is 0 Å². The lowest BCUT2D eigenvalue weighted by Crippen LogP contribution is -2.63. The molecule has 1 rings (SSSR count). The fraction of sp³-hybridized carbons (Fsp3) is 0.556. The summed E-state index contributed by atoms with van der Waals surface area (Å²) in [6.07, 6.45) is 1.56. The van der Waals surface area contributed by atoms with E-state index in [-0.39, 0.29) is 0 Å². The van der Waals surface area contributed by atoms with Crippen molar-refractivity contribution in [1.82, 2.24) is 0 Å². The molecule has 0 saturated heterocycles. The van der Waals surface area contributed by atoms with Gasteiger partial charge in [-0.1, -0.05) is 43.7 Å². The van der Waals surface area contributed by atoms with Crippen LogP contribution in [0.4, 0.5) is 0 Å². The van der Waals surface area contributed by atoms with Gasteiger partial charge in [-0.3, -0.25) is 4.79 Å². The zero-order valence-corrected chi connectivity index (χ0v) is 14.4. The van der Waals surface area contributed by atoms with Crippen LogP contribution in [0.25, 0.3) is 0 Å². The number of benzene rings is 1. The molecule has 1 aromatic carbocycles. The fourth-order valence-electron chi connectivity index (χ4n) is 3.07. The molecule has 1 aromatic rings. The van der Waals surface area contributed by atoms with Gasteiger partial charge in [0.15, 0.2) is 5.60 Å². The summed E-state index contributed by atoms with van der Waals surface area (Å²) in [7, 11) is 5.58. The second kappa shape index (κ2) is 7.70. The van der Waals surface area contributed by atoms with Gasteiger partial charge < -0.3 is 19.5 Å². The Kier molecular flexibility index (Phi) is 6.47. The molecule has 0 spiro atoms. The molecule has 0 aliphatic rings. The van der Waals surface area contributed by atoms with Crippen molar-refractivity contribution in [3.05, 3.63) is 35.9 Å². The van der Waals surface area contributed by atoms with Crippen molar-refractivity contribution in [2.75, 3.05) is 21.1 Å². The van der Waals surface area contributed by atoms with Crippen LogP contribution in [0.5, 0.6) is 0 Å². The van der Waals surface area contributed by atoms with Crippen LogP contribution in [-0.2, 0) is 4.79 Å². The Morgan fingerprint density at radius 3 is 2.22 bits per heavy atom. The Hall–Kier alpha value is -1.72. The summed E-state index contributed by atoms with van der Waals surface area (Å²) >= 11 is 0. The molecule has 2 atom stereocenters.